The van der Waals surface area contributed by atoms with Gasteiger partial charge in [-0.2, -0.15) is 4.98 Å². The highest BCUT2D eigenvalue weighted by Gasteiger charge is 2.39. The van der Waals surface area contributed by atoms with Crippen LogP contribution in [0, 0.1) is 0 Å². The molecule has 25 heavy (non-hydrogen) atoms. The first kappa shape index (κ1) is 19.9. The fourth-order valence-corrected chi connectivity index (χ4v) is 2.74. The Morgan fingerprint density at radius 3 is 2.64 bits per heavy atom. The molecule has 1 aliphatic heterocycles. The maximum Gasteiger partial charge on any atom is 0.240 e. The maximum absolute atomic E-state index is 13.9. The summed E-state index contributed by atoms with van der Waals surface area (Å²) in [5.41, 5.74) is -0.757. The highest BCUT2D eigenvalue weighted by atomic mass is 19.1. The predicted molar refractivity (Wildman–Crippen MR) is 91.4 cm³/mol. The number of aliphatic hydroxyl groups excluding tert-OH is 1. The van der Waals surface area contributed by atoms with E-state index in [0.29, 0.717) is 19.0 Å². The molecule has 1 aromatic rings. The van der Waals surface area contributed by atoms with Crippen LogP contribution >= 0.6 is 0 Å². The first-order valence-corrected chi connectivity index (χ1v) is 8.66. The lowest BCUT2D eigenvalue weighted by atomic mass is 9.97. The first-order chi connectivity index (χ1) is 11.5. The average Bonchev–Trinajstić information content (AvgIpc) is 3.13. The number of Topliss-reactive ketones (excluding diaryl/α,β-unsaturated/α-hetero) is 1. The summed E-state index contributed by atoms with van der Waals surface area (Å²) in [5.74, 6) is 0.0991. The third-order valence-electron chi connectivity index (χ3n) is 4.34. The molecule has 1 unspecified atom stereocenters. The lowest BCUT2D eigenvalue weighted by Crippen LogP contribution is -2.47. The van der Waals surface area contributed by atoms with Crippen molar-refractivity contribution in [3.05, 3.63) is 11.7 Å². The smallest absolute Gasteiger partial charge is 0.240 e. The summed E-state index contributed by atoms with van der Waals surface area (Å²) in [7, 11) is 0. The second-order valence-corrected chi connectivity index (χ2v) is 8.35. The summed E-state index contributed by atoms with van der Waals surface area (Å²) < 4.78 is 19.1. The Kier molecular flexibility index (Phi) is 5.96. The van der Waals surface area contributed by atoms with Gasteiger partial charge in [0.2, 0.25) is 17.5 Å². The molecule has 1 fully saturated rings. The van der Waals surface area contributed by atoms with Crippen LogP contribution in [0.2, 0.25) is 0 Å². The summed E-state index contributed by atoms with van der Waals surface area (Å²) in [4.78, 5) is 18.7. The standard InChI is InChI=1S/C17H29FN4O3/c1-16(2,3)15-20-14(21-25-15)13(24)12-8-11(18)9-22(12)7-6-19-17(4,5)10-23/h11-12,19,23H,6-10H2,1-5H3/t11-,12?/m0/s1. The van der Waals surface area contributed by atoms with Crippen LogP contribution in [0.4, 0.5) is 4.39 Å². The molecule has 0 spiro atoms. The number of ketones is 1. The Morgan fingerprint density at radius 1 is 1.40 bits per heavy atom. The molecule has 1 saturated heterocycles. The number of aromatic nitrogens is 2. The number of alkyl halides is 1. The molecule has 1 aromatic heterocycles. The zero-order chi connectivity index (χ0) is 18.8. The van der Waals surface area contributed by atoms with E-state index in [1.54, 1.807) is 4.90 Å². The number of hydrogen-bond acceptors (Lipinski definition) is 7. The molecule has 2 heterocycles. The maximum atomic E-state index is 13.9. The zero-order valence-electron chi connectivity index (χ0n) is 15.7. The van der Waals surface area contributed by atoms with Crippen LogP contribution in [-0.4, -0.2) is 69.9 Å². The molecule has 142 valence electrons. The number of carbonyl (C=O) groups excluding carboxylic acids is 1. The van der Waals surface area contributed by atoms with Gasteiger partial charge in [-0.3, -0.25) is 9.69 Å². The summed E-state index contributed by atoms with van der Waals surface area (Å²) in [6, 6.07) is -0.584. The number of hydrogen-bond donors (Lipinski definition) is 2. The number of halogens is 1. The lowest BCUT2D eigenvalue weighted by molar-refractivity contribution is 0.0851. The van der Waals surface area contributed by atoms with Crippen LogP contribution in [0.15, 0.2) is 4.52 Å². The van der Waals surface area contributed by atoms with Crippen molar-refractivity contribution in [3.63, 3.8) is 0 Å². The van der Waals surface area contributed by atoms with Crippen LogP contribution in [0.1, 0.15) is 57.5 Å². The molecule has 2 N–H and O–H groups in total. The van der Waals surface area contributed by atoms with Gasteiger partial charge in [-0.15, -0.1) is 0 Å². The van der Waals surface area contributed by atoms with Gasteiger partial charge in [0.25, 0.3) is 0 Å². The third-order valence-corrected chi connectivity index (χ3v) is 4.34. The van der Waals surface area contributed by atoms with Crippen molar-refractivity contribution in [1.29, 1.82) is 0 Å². The predicted octanol–water partition coefficient (Wildman–Crippen LogP) is 1.32. The van der Waals surface area contributed by atoms with Crippen molar-refractivity contribution in [1.82, 2.24) is 20.4 Å². The molecule has 2 rings (SSSR count). The van der Waals surface area contributed by atoms with E-state index in [2.05, 4.69) is 15.5 Å². The minimum absolute atomic E-state index is 0.000461. The van der Waals surface area contributed by atoms with Gasteiger partial charge < -0.3 is 14.9 Å². The number of rotatable bonds is 7. The Balaban J connectivity index is 2.02. The highest BCUT2D eigenvalue weighted by Crippen LogP contribution is 2.24. The zero-order valence-corrected chi connectivity index (χ0v) is 15.7. The lowest BCUT2D eigenvalue weighted by Gasteiger charge is -2.27. The molecule has 0 aliphatic carbocycles. The average molecular weight is 356 g/mol. The Hall–Kier alpha value is -1.38. The van der Waals surface area contributed by atoms with Crippen molar-refractivity contribution in [2.24, 2.45) is 0 Å². The molecule has 0 bridgehead atoms. The number of nitrogens with one attached hydrogen (secondary N) is 1. The van der Waals surface area contributed by atoms with Gasteiger partial charge in [-0.25, -0.2) is 4.39 Å². The van der Waals surface area contributed by atoms with Crippen LogP contribution in [0.3, 0.4) is 0 Å². The summed E-state index contributed by atoms with van der Waals surface area (Å²) >= 11 is 0. The van der Waals surface area contributed by atoms with Crippen molar-refractivity contribution in [3.8, 4) is 0 Å². The molecule has 0 amide bonds. The van der Waals surface area contributed by atoms with E-state index in [-0.39, 0.29) is 36.6 Å². The van der Waals surface area contributed by atoms with Crippen LogP contribution in [0.5, 0.6) is 0 Å². The van der Waals surface area contributed by atoms with Crippen molar-refractivity contribution in [2.45, 2.75) is 64.2 Å². The third kappa shape index (κ3) is 5.05. The molecule has 0 saturated carbocycles. The van der Waals surface area contributed by atoms with E-state index in [1.165, 1.54) is 0 Å². The van der Waals surface area contributed by atoms with E-state index in [9.17, 15) is 14.3 Å². The first-order valence-electron chi connectivity index (χ1n) is 8.66. The van der Waals surface area contributed by atoms with Gasteiger partial charge in [0.15, 0.2) is 0 Å². The van der Waals surface area contributed by atoms with Crippen LogP contribution < -0.4 is 5.32 Å². The summed E-state index contributed by atoms with van der Waals surface area (Å²) in [6.45, 7) is 10.8. The molecular weight excluding hydrogens is 327 g/mol. The Bertz CT molecular complexity index is 597. The molecule has 2 atom stereocenters. The Morgan fingerprint density at radius 2 is 2.08 bits per heavy atom. The summed E-state index contributed by atoms with van der Waals surface area (Å²) in [5, 5.41) is 16.3. The molecule has 0 aromatic carbocycles. The van der Waals surface area contributed by atoms with Crippen LogP contribution in [0.25, 0.3) is 0 Å². The van der Waals surface area contributed by atoms with Gasteiger partial charge >= 0.3 is 0 Å². The number of aliphatic hydroxyl groups is 1. The normalized spacial score (nSPS) is 22.5. The highest BCUT2D eigenvalue weighted by molar-refractivity contribution is 5.97. The van der Waals surface area contributed by atoms with Gasteiger partial charge in [-0.1, -0.05) is 25.9 Å². The van der Waals surface area contributed by atoms with Crippen molar-refractivity contribution in [2.75, 3.05) is 26.2 Å². The second kappa shape index (κ2) is 7.47. The molecule has 8 heteroatoms. The topological polar surface area (TPSA) is 91.5 Å². The fourth-order valence-electron chi connectivity index (χ4n) is 2.74. The van der Waals surface area contributed by atoms with Crippen LogP contribution in [-0.2, 0) is 5.41 Å². The fraction of sp³-hybridized carbons (Fsp3) is 0.824. The van der Waals surface area contributed by atoms with Gasteiger partial charge in [-0.05, 0) is 13.8 Å². The molecular formula is C17H29FN4O3. The van der Waals surface area contributed by atoms with E-state index in [4.69, 9.17) is 4.52 Å². The number of carbonyl (C=O) groups is 1. The largest absolute Gasteiger partial charge is 0.394 e. The minimum Gasteiger partial charge on any atom is -0.394 e. The van der Waals surface area contributed by atoms with E-state index in [1.807, 2.05) is 34.6 Å². The molecule has 1 aliphatic rings. The van der Waals surface area contributed by atoms with E-state index < -0.39 is 17.8 Å². The Labute approximate surface area is 148 Å². The van der Waals surface area contributed by atoms with E-state index in [0.717, 1.165) is 0 Å². The van der Waals surface area contributed by atoms with Crippen molar-refractivity contribution < 1.29 is 18.8 Å². The second-order valence-electron chi connectivity index (χ2n) is 8.35. The number of likely N-dealkylation sites (tertiary alicyclic amines) is 1. The number of nitrogens with zero attached hydrogens (tertiary/aromatic N) is 3. The molecule has 7 nitrogen and oxygen atoms in total. The minimum atomic E-state index is -1.05. The molecule has 0 radical (unpaired) electrons. The quantitative estimate of drug-likeness (QED) is 0.712. The van der Waals surface area contributed by atoms with Gasteiger partial charge in [0.1, 0.15) is 6.17 Å². The SMILES string of the molecule is CC(C)(CO)NCCN1C[C@@H](F)CC1C(=O)c1noc(C(C)(C)C)n1. The monoisotopic (exact) mass is 356 g/mol. The van der Waals surface area contributed by atoms with Crippen molar-refractivity contribution >= 4 is 5.78 Å². The van der Waals surface area contributed by atoms with E-state index >= 15 is 0 Å². The summed E-state index contributed by atoms with van der Waals surface area (Å²) in [6.07, 6.45) is -0.907. The van der Waals surface area contributed by atoms with Gasteiger partial charge in [0.05, 0.1) is 12.6 Å². The van der Waals surface area contributed by atoms with Gasteiger partial charge in [0, 0.05) is 37.0 Å².